The Labute approximate surface area is 112 Å². The number of rotatable bonds is 5. The van der Waals surface area contributed by atoms with Crippen molar-refractivity contribution < 1.29 is 0 Å². The van der Waals surface area contributed by atoms with Crippen molar-refractivity contribution in [1.82, 2.24) is 0 Å². The number of benzene rings is 1. The van der Waals surface area contributed by atoms with Gasteiger partial charge in [-0.2, -0.15) is 0 Å². The zero-order valence-electron chi connectivity index (χ0n) is 7.92. The first-order valence-corrected chi connectivity index (χ1v) is 4.97. The van der Waals surface area contributed by atoms with Gasteiger partial charge < -0.3 is 0 Å². The van der Waals surface area contributed by atoms with Crippen LogP contribution in [0, 0.1) is 0 Å². The molecule has 0 amide bonds. The molecule has 0 saturated carbocycles. The summed E-state index contributed by atoms with van der Waals surface area (Å²) in [6.45, 7) is 2.25. The molecular weight excluding hydrogens is 158 g/mol. The Morgan fingerprint density at radius 1 is 0.857 bits per heavy atom. The standard InChI is InChI=1S/C12H18.2Li.2H/c1-2-3-4-6-9-12-10-7-5-8-11-12;;;;/h5,7-8,10-11H,2-4,6,9H2,1H3;;;;. The molecule has 0 bridgehead atoms. The van der Waals surface area contributed by atoms with E-state index in [9.17, 15) is 0 Å². The molecule has 1 rings (SSSR count). The molecule has 0 fully saturated rings. The summed E-state index contributed by atoms with van der Waals surface area (Å²) in [5, 5.41) is 0. The minimum atomic E-state index is 0. The van der Waals surface area contributed by atoms with Crippen LogP contribution in [0.2, 0.25) is 0 Å². The van der Waals surface area contributed by atoms with Gasteiger partial charge in [0.25, 0.3) is 0 Å². The van der Waals surface area contributed by atoms with Gasteiger partial charge in [0, 0.05) is 0 Å². The van der Waals surface area contributed by atoms with Crippen LogP contribution in [0.1, 0.15) is 38.2 Å². The maximum atomic E-state index is 2.25. The molecule has 1 aromatic carbocycles. The summed E-state index contributed by atoms with van der Waals surface area (Å²) in [6.07, 6.45) is 6.69. The van der Waals surface area contributed by atoms with Crippen LogP contribution in [0.4, 0.5) is 0 Å². The van der Waals surface area contributed by atoms with Crippen LogP contribution in [0.3, 0.4) is 0 Å². The van der Waals surface area contributed by atoms with Crippen LogP contribution in [0.25, 0.3) is 0 Å². The summed E-state index contributed by atoms with van der Waals surface area (Å²) in [6, 6.07) is 10.7. The van der Waals surface area contributed by atoms with Crippen LogP contribution in [-0.4, -0.2) is 37.7 Å². The van der Waals surface area contributed by atoms with Gasteiger partial charge in [-0.1, -0.05) is 56.5 Å². The van der Waals surface area contributed by atoms with Crippen molar-refractivity contribution in [3.63, 3.8) is 0 Å². The van der Waals surface area contributed by atoms with E-state index in [1.165, 1.54) is 37.7 Å². The van der Waals surface area contributed by atoms with Crippen LogP contribution in [-0.2, 0) is 6.42 Å². The number of hydrogen-bond acceptors (Lipinski definition) is 0. The summed E-state index contributed by atoms with van der Waals surface area (Å²) in [5.41, 5.74) is 1.48. The number of unbranched alkanes of at least 4 members (excludes halogenated alkanes) is 3. The van der Waals surface area contributed by atoms with E-state index >= 15 is 0 Å². The molecule has 0 aliphatic rings. The topological polar surface area (TPSA) is 0 Å². The van der Waals surface area contributed by atoms with Gasteiger partial charge in [-0.25, -0.2) is 0 Å². The molecular formula is C12H20Li2. The Morgan fingerprint density at radius 3 is 2.07 bits per heavy atom. The molecule has 0 aromatic heterocycles. The second kappa shape index (κ2) is 11.5. The molecule has 0 heterocycles. The molecule has 0 unspecified atom stereocenters. The van der Waals surface area contributed by atoms with Crippen LogP contribution >= 0.6 is 0 Å². The Balaban J connectivity index is 0. The van der Waals surface area contributed by atoms with Crippen molar-refractivity contribution in [2.24, 2.45) is 0 Å². The number of aryl methyl sites for hydroxylation is 1. The third-order valence-corrected chi connectivity index (χ3v) is 2.16. The van der Waals surface area contributed by atoms with E-state index in [4.69, 9.17) is 0 Å². The quantitative estimate of drug-likeness (QED) is 0.480. The molecule has 0 N–H and O–H groups in total. The van der Waals surface area contributed by atoms with Gasteiger partial charge in [-0.15, -0.1) is 0 Å². The van der Waals surface area contributed by atoms with Crippen LogP contribution < -0.4 is 0 Å². The van der Waals surface area contributed by atoms with E-state index in [-0.39, 0.29) is 37.7 Å². The Hall–Kier alpha value is 0.415. The van der Waals surface area contributed by atoms with Crippen molar-refractivity contribution >= 4 is 37.7 Å². The molecule has 70 valence electrons. The average Bonchev–Trinajstić information content (AvgIpc) is 2.14. The number of hydrogen-bond donors (Lipinski definition) is 0. The van der Waals surface area contributed by atoms with E-state index in [1.807, 2.05) is 0 Å². The average molecular weight is 178 g/mol. The summed E-state index contributed by atoms with van der Waals surface area (Å²) < 4.78 is 0. The van der Waals surface area contributed by atoms with Crippen molar-refractivity contribution in [1.29, 1.82) is 0 Å². The van der Waals surface area contributed by atoms with Gasteiger partial charge in [0.15, 0.2) is 0 Å². The second-order valence-corrected chi connectivity index (χ2v) is 3.30. The van der Waals surface area contributed by atoms with Crippen molar-refractivity contribution in [2.75, 3.05) is 0 Å². The molecule has 0 atom stereocenters. The zero-order chi connectivity index (χ0) is 8.65. The van der Waals surface area contributed by atoms with E-state index in [2.05, 4.69) is 37.3 Å². The molecule has 0 saturated heterocycles. The van der Waals surface area contributed by atoms with Crippen LogP contribution in [0.15, 0.2) is 30.3 Å². The molecule has 1 aromatic rings. The Morgan fingerprint density at radius 2 is 1.50 bits per heavy atom. The first-order valence-electron chi connectivity index (χ1n) is 4.97. The monoisotopic (exact) mass is 178 g/mol. The normalized spacial score (nSPS) is 8.64. The SMILES string of the molecule is CCCCCCc1ccccc1.[LiH].[LiH]. The molecule has 0 aliphatic heterocycles. The van der Waals surface area contributed by atoms with Crippen molar-refractivity contribution in [2.45, 2.75) is 39.0 Å². The molecule has 2 heteroatoms. The molecule has 14 heavy (non-hydrogen) atoms. The van der Waals surface area contributed by atoms with E-state index < -0.39 is 0 Å². The maximum absolute atomic E-state index is 2.25. The Kier molecular flexibility index (Phi) is 13.8. The van der Waals surface area contributed by atoms with Crippen LogP contribution in [0.5, 0.6) is 0 Å². The Bertz CT molecular complexity index is 197. The molecule has 0 aliphatic carbocycles. The van der Waals surface area contributed by atoms with Crippen molar-refractivity contribution in [3.05, 3.63) is 35.9 Å². The fourth-order valence-electron chi connectivity index (χ4n) is 1.40. The molecule has 0 nitrogen and oxygen atoms in total. The molecule has 0 radical (unpaired) electrons. The predicted octanol–water partition coefficient (Wildman–Crippen LogP) is 2.51. The molecule has 0 spiro atoms. The van der Waals surface area contributed by atoms with Gasteiger partial charge in [0.2, 0.25) is 0 Å². The van der Waals surface area contributed by atoms with E-state index in [0.29, 0.717) is 0 Å². The third-order valence-electron chi connectivity index (χ3n) is 2.16. The van der Waals surface area contributed by atoms with E-state index in [0.717, 1.165) is 0 Å². The first-order chi connectivity index (χ1) is 5.93. The van der Waals surface area contributed by atoms with Gasteiger partial charge in [-0.3, -0.25) is 0 Å². The predicted molar refractivity (Wildman–Crippen MR) is 68.6 cm³/mol. The summed E-state index contributed by atoms with van der Waals surface area (Å²) in [4.78, 5) is 0. The second-order valence-electron chi connectivity index (χ2n) is 3.30. The first kappa shape index (κ1) is 16.8. The minimum absolute atomic E-state index is 0. The fraction of sp³-hybridized carbons (Fsp3) is 0.500. The third kappa shape index (κ3) is 7.79. The van der Waals surface area contributed by atoms with Gasteiger partial charge >= 0.3 is 37.7 Å². The summed E-state index contributed by atoms with van der Waals surface area (Å²) in [5.74, 6) is 0. The van der Waals surface area contributed by atoms with E-state index in [1.54, 1.807) is 0 Å². The van der Waals surface area contributed by atoms with Gasteiger partial charge in [-0.05, 0) is 18.4 Å². The van der Waals surface area contributed by atoms with Gasteiger partial charge in [0.1, 0.15) is 0 Å². The fourth-order valence-corrected chi connectivity index (χ4v) is 1.40. The zero-order valence-corrected chi connectivity index (χ0v) is 7.92. The summed E-state index contributed by atoms with van der Waals surface area (Å²) >= 11 is 0. The van der Waals surface area contributed by atoms with Gasteiger partial charge in [0.05, 0.1) is 0 Å². The summed E-state index contributed by atoms with van der Waals surface area (Å²) in [7, 11) is 0. The van der Waals surface area contributed by atoms with Crippen molar-refractivity contribution in [3.8, 4) is 0 Å².